The molecule has 0 aliphatic carbocycles. The second kappa shape index (κ2) is 1.63. The van der Waals surface area contributed by atoms with Gasteiger partial charge in [0, 0.05) is 10.3 Å². The molecule has 2 heterocycles. The number of aliphatic imine (C=N–C) groups is 1. The third-order valence-corrected chi connectivity index (χ3v) is 1.17. The van der Waals surface area contributed by atoms with E-state index in [9.17, 15) is 0 Å². The quantitative estimate of drug-likeness (QED) is 0.471. The summed E-state index contributed by atoms with van der Waals surface area (Å²) >= 11 is 0. The van der Waals surface area contributed by atoms with Gasteiger partial charge in [-0.1, -0.05) is 10.1 Å². The summed E-state index contributed by atoms with van der Waals surface area (Å²) in [5.41, 5.74) is 6.05. The van der Waals surface area contributed by atoms with Crippen molar-refractivity contribution < 1.29 is 0 Å². The molecule has 6 heteroatoms. The molecule has 0 spiro atoms. The molecule has 1 aliphatic heterocycles. The molecule has 1 aromatic heterocycles. The average molecular weight is 136 g/mol. The van der Waals surface area contributed by atoms with Crippen molar-refractivity contribution in [3.8, 4) is 0 Å². The molecule has 0 amide bonds. The molecule has 0 bridgehead atoms. The maximum absolute atomic E-state index is 5.42. The molecule has 1 aromatic rings. The van der Waals surface area contributed by atoms with E-state index in [4.69, 9.17) is 5.73 Å². The van der Waals surface area contributed by atoms with Crippen LogP contribution >= 0.6 is 0 Å². The lowest BCUT2D eigenvalue weighted by Gasteiger charge is -1.88. The van der Waals surface area contributed by atoms with Crippen LogP contribution in [0.1, 0.15) is 0 Å². The van der Waals surface area contributed by atoms with Gasteiger partial charge in [-0.05, 0) is 0 Å². The number of nitrogens with zero attached hydrogens (tertiary/aromatic N) is 4. The molecule has 0 aromatic carbocycles. The summed E-state index contributed by atoms with van der Waals surface area (Å²) in [5, 5.41) is 13.3. The zero-order valence-corrected chi connectivity index (χ0v) is 4.94. The van der Waals surface area contributed by atoms with Gasteiger partial charge in [-0.3, -0.25) is 5.32 Å². The minimum absolute atomic E-state index is 0.322. The molecule has 6 nitrogen and oxygen atoms in total. The van der Waals surface area contributed by atoms with Crippen LogP contribution in [0.15, 0.2) is 0 Å². The molecule has 0 unspecified atom stereocenters. The molecule has 0 fully saturated rings. The molecular formula is C4H4N6+. The number of hydrogen-bond donors (Lipinski definition) is 2. The first-order valence-corrected chi connectivity index (χ1v) is 2.66. The fourth-order valence-corrected chi connectivity index (χ4v) is 0.714. The maximum atomic E-state index is 5.42. The highest BCUT2D eigenvalue weighted by atomic mass is 15.4. The van der Waals surface area contributed by atoms with Crippen molar-refractivity contribution in [3.05, 3.63) is 0 Å². The van der Waals surface area contributed by atoms with Crippen molar-refractivity contribution in [1.29, 1.82) is 0 Å². The molecule has 2 rings (SSSR count). The summed E-state index contributed by atoms with van der Waals surface area (Å²) in [6, 6.07) is 0. The minimum Gasteiger partial charge on any atom is -0.379 e. The summed E-state index contributed by atoms with van der Waals surface area (Å²) in [6.07, 6.45) is 1.50. The fourth-order valence-electron chi connectivity index (χ4n) is 0.714. The smallest absolute Gasteiger partial charge is 0.366 e. The van der Waals surface area contributed by atoms with Crippen molar-refractivity contribution in [2.75, 3.05) is 11.1 Å². The Morgan fingerprint density at radius 1 is 1.50 bits per heavy atom. The minimum atomic E-state index is 0.322. The Morgan fingerprint density at radius 3 is 3.20 bits per heavy atom. The van der Waals surface area contributed by atoms with Gasteiger partial charge in [0.2, 0.25) is 12.0 Å². The van der Waals surface area contributed by atoms with E-state index < -0.39 is 0 Å². The lowest BCUT2D eigenvalue weighted by Crippen LogP contribution is -1.99. The number of nitrogens with one attached hydrogen (secondary N) is 1. The van der Waals surface area contributed by atoms with Crippen molar-refractivity contribution in [3.63, 3.8) is 0 Å². The number of nitrogens with two attached hydrogens (primary N) is 1. The van der Waals surface area contributed by atoms with E-state index in [2.05, 4.69) is 25.7 Å². The Kier molecular flexibility index (Phi) is 0.830. The van der Waals surface area contributed by atoms with Crippen molar-refractivity contribution in [2.24, 2.45) is 0 Å². The van der Waals surface area contributed by atoms with Crippen LogP contribution in [-0.2, 0) is 0 Å². The van der Waals surface area contributed by atoms with E-state index in [0.29, 0.717) is 17.3 Å². The predicted octanol–water partition coefficient (Wildman–Crippen LogP) is -1.13. The van der Waals surface area contributed by atoms with Crippen LogP contribution in [-0.4, -0.2) is 21.7 Å². The standard InChI is InChI=1S/C4H4N6/c5-3-2-4(7-1-6-2)9-10-8-3/h1,6H,(H2,5,8,9)/q+1. The van der Waals surface area contributed by atoms with Gasteiger partial charge in [-0.2, -0.15) is 0 Å². The van der Waals surface area contributed by atoms with E-state index in [0.717, 1.165) is 0 Å². The van der Waals surface area contributed by atoms with Gasteiger partial charge < -0.3 is 5.73 Å². The Bertz CT molecular complexity index is 292. The van der Waals surface area contributed by atoms with Gasteiger partial charge in [0.05, 0.1) is 0 Å². The van der Waals surface area contributed by atoms with Crippen LogP contribution in [0.25, 0.3) is 0 Å². The molecule has 49 valence electrons. The van der Waals surface area contributed by atoms with Crippen molar-refractivity contribution in [2.45, 2.75) is 0 Å². The first-order valence-electron chi connectivity index (χ1n) is 2.66. The van der Waals surface area contributed by atoms with Crippen LogP contribution in [0, 0.1) is 0 Å². The van der Waals surface area contributed by atoms with Gasteiger partial charge >= 0.3 is 5.82 Å². The van der Waals surface area contributed by atoms with Crippen LogP contribution in [0.2, 0.25) is 0 Å². The summed E-state index contributed by atoms with van der Waals surface area (Å²) in [7, 11) is 0. The topological polar surface area (TPSA) is 90.8 Å². The van der Waals surface area contributed by atoms with Crippen LogP contribution in [0.5, 0.6) is 0 Å². The Labute approximate surface area is 56.2 Å². The summed E-state index contributed by atoms with van der Waals surface area (Å²) in [6.45, 7) is 0. The zero-order valence-electron chi connectivity index (χ0n) is 4.94. The number of anilines is 2. The summed E-state index contributed by atoms with van der Waals surface area (Å²) in [4.78, 5) is 3.83. The van der Waals surface area contributed by atoms with Crippen molar-refractivity contribution >= 4 is 23.7 Å². The molecule has 0 atom stereocenters. The molecule has 3 N–H and O–H groups in total. The van der Waals surface area contributed by atoms with E-state index in [1.807, 2.05) is 0 Å². The number of hydrogen-bond acceptors (Lipinski definition) is 6. The van der Waals surface area contributed by atoms with E-state index in [-0.39, 0.29) is 0 Å². The fraction of sp³-hybridized carbons (Fsp3) is 0. The van der Waals surface area contributed by atoms with E-state index in [1.165, 1.54) is 6.34 Å². The SMILES string of the molecule is Nc1nnnc2c1NC=[N+]2. The predicted molar refractivity (Wildman–Crippen MR) is 35.7 cm³/mol. The Balaban J connectivity index is 2.66. The van der Waals surface area contributed by atoms with Gasteiger partial charge in [0.25, 0.3) is 0 Å². The number of rotatable bonds is 0. The molecule has 10 heavy (non-hydrogen) atoms. The Morgan fingerprint density at radius 2 is 2.40 bits per heavy atom. The average Bonchev–Trinajstić information content (AvgIpc) is 2.36. The second-order valence-corrected chi connectivity index (χ2v) is 1.78. The first kappa shape index (κ1) is 5.10. The Hall–Kier alpha value is -1.72. The normalized spacial score (nSPS) is 12.8. The van der Waals surface area contributed by atoms with Crippen molar-refractivity contribution in [1.82, 2.24) is 20.4 Å². The molecule has 1 radical (unpaired) electrons. The summed E-state index contributed by atoms with van der Waals surface area (Å²) in [5.74, 6) is 0.815. The highest BCUT2D eigenvalue weighted by Crippen LogP contribution is 2.23. The maximum Gasteiger partial charge on any atom is 0.366 e. The lowest BCUT2D eigenvalue weighted by atomic mass is 10.5. The third kappa shape index (κ3) is 0.524. The highest BCUT2D eigenvalue weighted by molar-refractivity contribution is 5.91. The van der Waals surface area contributed by atoms with Gasteiger partial charge in [-0.15, -0.1) is 0 Å². The highest BCUT2D eigenvalue weighted by Gasteiger charge is 2.21. The molecule has 1 aliphatic rings. The monoisotopic (exact) mass is 136 g/mol. The largest absolute Gasteiger partial charge is 0.379 e. The van der Waals surface area contributed by atoms with Gasteiger partial charge in [0.1, 0.15) is 0 Å². The lowest BCUT2D eigenvalue weighted by molar-refractivity contribution is 0.872. The van der Waals surface area contributed by atoms with Crippen LogP contribution < -0.4 is 16.0 Å². The van der Waals surface area contributed by atoms with Crippen LogP contribution in [0.3, 0.4) is 0 Å². The number of nitrogen functional groups attached to an aromatic ring is 1. The van der Waals surface area contributed by atoms with E-state index in [1.54, 1.807) is 0 Å². The summed E-state index contributed by atoms with van der Waals surface area (Å²) < 4.78 is 0. The molecule has 0 saturated carbocycles. The number of fused-ring (bicyclic) bond motifs is 1. The van der Waals surface area contributed by atoms with Gasteiger partial charge in [0.15, 0.2) is 5.82 Å². The van der Waals surface area contributed by atoms with Crippen LogP contribution in [0.4, 0.5) is 17.3 Å². The molecule has 0 saturated heterocycles. The first-order chi connectivity index (χ1) is 4.88. The van der Waals surface area contributed by atoms with Gasteiger partial charge in [-0.25, -0.2) is 0 Å². The molecular weight excluding hydrogens is 132 g/mol. The second-order valence-electron chi connectivity index (χ2n) is 1.78. The zero-order chi connectivity index (χ0) is 6.97. The third-order valence-electron chi connectivity index (χ3n) is 1.17. The number of aromatic nitrogens is 3. The van der Waals surface area contributed by atoms with E-state index >= 15 is 0 Å².